The number of aliphatic hydroxyl groups is 1. The summed E-state index contributed by atoms with van der Waals surface area (Å²) in [6.07, 6.45) is 5.05. The van der Waals surface area contributed by atoms with Gasteiger partial charge >= 0.3 is 0 Å². The van der Waals surface area contributed by atoms with Crippen LogP contribution in [-0.2, 0) is 13.5 Å². The molecule has 2 heterocycles. The number of anilines is 1. The molecule has 0 saturated heterocycles. The molecule has 0 bridgehead atoms. The molecule has 2 N–H and O–H groups in total. The van der Waals surface area contributed by atoms with Crippen molar-refractivity contribution in [3.05, 3.63) is 58.5 Å². The van der Waals surface area contributed by atoms with E-state index in [0.29, 0.717) is 54.2 Å². The van der Waals surface area contributed by atoms with Gasteiger partial charge in [0.1, 0.15) is 11.5 Å². The van der Waals surface area contributed by atoms with E-state index in [1.165, 1.54) is 18.2 Å². The van der Waals surface area contributed by atoms with Gasteiger partial charge in [0.2, 0.25) is 5.89 Å². The molecule has 174 valence electrons. The number of imidazole rings is 1. The summed E-state index contributed by atoms with van der Waals surface area (Å²) in [6, 6.07) is 4.08. The molecule has 2 fully saturated rings. The second kappa shape index (κ2) is 8.22. The zero-order chi connectivity index (χ0) is 23.3. The molecule has 0 spiro atoms. The Morgan fingerprint density at radius 3 is 2.73 bits per heavy atom. The number of hydrogen-bond donors (Lipinski definition) is 2. The number of carbonyl (C=O) groups is 1. The average molecular weight is 474 g/mol. The molecular formula is C23H25ClFN5O3. The zero-order valence-corrected chi connectivity index (χ0v) is 19.1. The van der Waals surface area contributed by atoms with Gasteiger partial charge in [0.05, 0.1) is 29.1 Å². The van der Waals surface area contributed by atoms with Crippen molar-refractivity contribution in [2.75, 3.05) is 5.32 Å². The number of benzene rings is 1. The lowest BCUT2D eigenvalue weighted by atomic mass is 9.90. The molecule has 2 saturated carbocycles. The van der Waals surface area contributed by atoms with Crippen molar-refractivity contribution in [1.29, 1.82) is 0 Å². The Morgan fingerprint density at radius 1 is 1.36 bits per heavy atom. The van der Waals surface area contributed by atoms with Gasteiger partial charge in [0.25, 0.3) is 5.91 Å². The number of rotatable bonds is 5. The van der Waals surface area contributed by atoms with Gasteiger partial charge in [-0.05, 0) is 62.6 Å². The summed E-state index contributed by atoms with van der Waals surface area (Å²) in [5, 5.41) is 17.7. The van der Waals surface area contributed by atoms with E-state index < -0.39 is 11.4 Å². The number of halogens is 2. The summed E-state index contributed by atoms with van der Waals surface area (Å²) in [7, 11) is 1.78. The van der Waals surface area contributed by atoms with E-state index in [-0.39, 0.29) is 16.8 Å². The molecule has 33 heavy (non-hydrogen) atoms. The summed E-state index contributed by atoms with van der Waals surface area (Å²) in [5.41, 5.74) is 0.819. The van der Waals surface area contributed by atoms with Crippen molar-refractivity contribution < 1.29 is 18.8 Å². The largest absolute Gasteiger partial charge is 0.389 e. The first-order valence-electron chi connectivity index (χ1n) is 11.0. The number of nitrogens with zero attached hydrogens (tertiary/aromatic N) is 4. The molecule has 10 heteroatoms. The van der Waals surface area contributed by atoms with Crippen LogP contribution in [-0.4, -0.2) is 36.3 Å². The van der Waals surface area contributed by atoms with Crippen LogP contribution in [0.2, 0.25) is 5.02 Å². The topological polar surface area (TPSA) is 106 Å². The van der Waals surface area contributed by atoms with E-state index in [0.717, 1.165) is 18.5 Å². The second-order valence-electron chi connectivity index (χ2n) is 9.41. The maximum absolute atomic E-state index is 13.4. The predicted octanol–water partition coefficient (Wildman–Crippen LogP) is 4.03. The Hall–Kier alpha value is -2.78. The standard InChI is InChI=1S/C23H25ClFN5O3/c1-12-27-19(33-29-12)10-23(32)8-14-5-13(6-15(14)9-23)20-21(30(2)11-26-20)22(31)28-16-3-4-18(25)17(24)7-16/h3-4,7,11,13-15,32H,5-6,8-10H2,1-2H3,(H,28,31). The third-order valence-electron chi connectivity index (χ3n) is 6.92. The molecule has 2 aliphatic carbocycles. The molecule has 2 aromatic heterocycles. The van der Waals surface area contributed by atoms with E-state index in [9.17, 15) is 14.3 Å². The lowest BCUT2D eigenvalue weighted by Crippen LogP contribution is -2.29. The minimum atomic E-state index is -0.842. The van der Waals surface area contributed by atoms with Crippen LogP contribution in [0.4, 0.5) is 10.1 Å². The van der Waals surface area contributed by atoms with E-state index in [1.54, 1.807) is 24.9 Å². The first-order chi connectivity index (χ1) is 15.7. The summed E-state index contributed by atoms with van der Waals surface area (Å²) < 4.78 is 20.4. The molecule has 1 aromatic carbocycles. The maximum atomic E-state index is 13.4. The molecule has 5 rings (SSSR count). The van der Waals surface area contributed by atoms with Gasteiger partial charge in [-0.25, -0.2) is 9.37 Å². The smallest absolute Gasteiger partial charge is 0.274 e. The number of aryl methyl sites for hydroxylation is 2. The van der Waals surface area contributed by atoms with Crippen molar-refractivity contribution in [3.63, 3.8) is 0 Å². The van der Waals surface area contributed by atoms with Crippen molar-refractivity contribution in [2.24, 2.45) is 18.9 Å². The zero-order valence-electron chi connectivity index (χ0n) is 18.4. The highest BCUT2D eigenvalue weighted by atomic mass is 35.5. The Labute approximate surface area is 195 Å². The van der Waals surface area contributed by atoms with Crippen LogP contribution >= 0.6 is 11.6 Å². The number of aromatic nitrogens is 4. The molecule has 2 atom stereocenters. The lowest BCUT2D eigenvalue weighted by molar-refractivity contribution is 0.0310. The Kier molecular flexibility index (Phi) is 5.49. The monoisotopic (exact) mass is 473 g/mol. The Morgan fingerprint density at radius 2 is 2.09 bits per heavy atom. The number of hydrogen-bond acceptors (Lipinski definition) is 6. The summed E-state index contributed by atoms with van der Waals surface area (Å²) in [6.45, 7) is 1.76. The van der Waals surface area contributed by atoms with Gasteiger partial charge in [-0.15, -0.1) is 0 Å². The van der Waals surface area contributed by atoms with Gasteiger partial charge in [-0.3, -0.25) is 4.79 Å². The van der Waals surface area contributed by atoms with E-state index >= 15 is 0 Å². The van der Waals surface area contributed by atoms with Crippen molar-refractivity contribution >= 4 is 23.2 Å². The summed E-state index contributed by atoms with van der Waals surface area (Å²) in [5.74, 6) is 1.01. The molecule has 8 nitrogen and oxygen atoms in total. The molecule has 2 unspecified atom stereocenters. The lowest BCUT2D eigenvalue weighted by Gasteiger charge is -2.23. The minimum absolute atomic E-state index is 0.0511. The van der Waals surface area contributed by atoms with Crippen LogP contribution in [0.15, 0.2) is 29.0 Å². The van der Waals surface area contributed by atoms with Gasteiger partial charge in [-0.2, -0.15) is 4.98 Å². The third-order valence-corrected chi connectivity index (χ3v) is 7.21. The van der Waals surface area contributed by atoms with Crippen LogP contribution in [0.3, 0.4) is 0 Å². The summed E-state index contributed by atoms with van der Waals surface area (Å²) in [4.78, 5) is 21.8. The Balaban J connectivity index is 1.28. The summed E-state index contributed by atoms with van der Waals surface area (Å²) >= 11 is 5.84. The Bertz CT molecular complexity index is 1190. The first-order valence-corrected chi connectivity index (χ1v) is 11.4. The van der Waals surface area contributed by atoms with Gasteiger partial charge < -0.3 is 19.5 Å². The number of amides is 1. The van der Waals surface area contributed by atoms with Crippen LogP contribution in [0.1, 0.15) is 59.5 Å². The molecule has 2 aliphatic rings. The van der Waals surface area contributed by atoms with Crippen molar-refractivity contribution in [1.82, 2.24) is 19.7 Å². The van der Waals surface area contributed by atoms with Crippen LogP contribution in [0, 0.1) is 24.6 Å². The SMILES string of the molecule is Cc1noc(CC2(O)CC3CC(c4ncn(C)c4C(=O)Nc4ccc(F)c(Cl)c4)CC3C2)n1. The van der Waals surface area contributed by atoms with Gasteiger partial charge in [-0.1, -0.05) is 16.8 Å². The van der Waals surface area contributed by atoms with Crippen molar-refractivity contribution in [3.8, 4) is 0 Å². The quantitative estimate of drug-likeness (QED) is 0.579. The van der Waals surface area contributed by atoms with Crippen LogP contribution < -0.4 is 5.32 Å². The van der Waals surface area contributed by atoms with E-state index in [4.69, 9.17) is 16.1 Å². The highest BCUT2D eigenvalue weighted by Gasteiger charge is 2.50. The normalized spacial score (nSPS) is 26.5. The number of nitrogens with one attached hydrogen (secondary N) is 1. The molecule has 0 aliphatic heterocycles. The number of carbonyl (C=O) groups excluding carboxylic acids is 1. The van der Waals surface area contributed by atoms with Gasteiger partial charge in [0.15, 0.2) is 5.82 Å². The van der Waals surface area contributed by atoms with Crippen LogP contribution in [0.5, 0.6) is 0 Å². The first kappa shape index (κ1) is 22.0. The fourth-order valence-electron chi connectivity index (χ4n) is 5.62. The number of fused-ring (bicyclic) bond motifs is 1. The fraction of sp³-hybridized carbons (Fsp3) is 0.478. The molecule has 1 amide bonds. The third kappa shape index (κ3) is 4.27. The van der Waals surface area contributed by atoms with Gasteiger partial charge in [0, 0.05) is 18.7 Å². The molecule has 3 aromatic rings. The van der Waals surface area contributed by atoms with Crippen molar-refractivity contribution in [2.45, 2.75) is 50.5 Å². The highest BCUT2D eigenvalue weighted by Crippen LogP contribution is 2.54. The van der Waals surface area contributed by atoms with E-state index in [2.05, 4.69) is 20.4 Å². The maximum Gasteiger partial charge on any atom is 0.274 e. The van der Waals surface area contributed by atoms with E-state index in [1.807, 2.05) is 0 Å². The highest BCUT2D eigenvalue weighted by molar-refractivity contribution is 6.31. The predicted molar refractivity (Wildman–Crippen MR) is 118 cm³/mol. The second-order valence-corrected chi connectivity index (χ2v) is 9.81. The fourth-order valence-corrected chi connectivity index (χ4v) is 5.80. The average Bonchev–Trinajstić information content (AvgIpc) is 3.48. The molecule has 0 radical (unpaired) electrons. The molecular weight excluding hydrogens is 449 g/mol. The minimum Gasteiger partial charge on any atom is -0.389 e. The van der Waals surface area contributed by atoms with Crippen LogP contribution in [0.25, 0.3) is 0 Å².